The molecule has 3 atom stereocenters. The van der Waals surface area contributed by atoms with Crippen molar-refractivity contribution in [3.05, 3.63) is 12.2 Å². The van der Waals surface area contributed by atoms with E-state index in [0.29, 0.717) is 23.9 Å². The maximum Gasteiger partial charge on any atom is 0.268 e. The van der Waals surface area contributed by atoms with Crippen molar-refractivity contribution in [2.75, 3.05) is 40.9 Å². The van der Waals surface area contributed by atoms with E-state index in [1.54, 1.807) is 0 Å². The Morgan fingerprint density at radius 2 is 0.647 bits per heavy atom. The molecule has 0 saturated carbocycles. The third-order valence-corrected chi connectivity index (χ3v) is 19.2. The first kappa shape index (κ1) is 84.2. The number of carbonyl (C=O) groups is 1. The number of likely N-dealkylation sites (N-methyl/N-ethyl adjacent to an activating group) is 1. The molecule has 508 valence electrons. The van der Waals surface area contributed by atoms with Crippen molar-refractivity contribution in [2.45, 2.75) is 431 Å². The number of unbranched alkanes of at least 4 members (excludes halogenated alkanes) is 58. The van der Waals surface area contributed by atoms with Crippen molar-refractivity contribution in [3.8, 4) is 0 Å². The van der Waals surface area contributed by atoms with E-state index in [1.165, 1.54) is 353 Å². The molecule has 0 fully saturated rings. The average Bonchev–Trinajstić information content (AvgIpc) is 3.49. The molecule has 2 N–H and O–H groups in total. The third-order valence-electron chi connectivity index (χ3n) is 18.3. The molecule has 0 aromatic carbocycles. The molecule has 0 heterocycles. The van der Waals surface area contributed by atoms with Crippen LogP contribution in [-0.2, 0) is 18.4 Å². The molecule has 9 heteroatoms. The van der Waals surface area contributed by atoms with Gasteiger partial charge in [-0.25, -0.2) is 0 Å². The van der Waals surface area contributed by atoms with Gasteiger partial charge in [0.1, 0.15) is 13.2 Å². The van der Waals surface area contributed by atoms with Crippen LogP contribution in [0.5, 0.6) is 0 Å². The summed E-state index contributed by atoms with van der Waals surface area (Å²) in [6, 6.07) is -0.799. The fraction of sp³-hybridized carbons (Fsp3) is 0.961. The van der Waals surface area contributed by atoms with Crippen molar-refractivity contribution >= 4 is 13.7 Å². The molecular weight excluding hydrogens is 1070 g/mol. The van der Waals surface area contributed by atoms with Crippen LogP contribution < -0.4 is 10.2 Å². The topological polar surface area (TPSA) is 108 Å². The molecule has 1 amide bonds. The number of phosphoric ester groups is 1. The highest BCUT2D eigenvalue weighted by Gasteiger charge is 2.24. The second-order valence-electron chi connectivity index (χ2n) is 28.1. The Kier molecular flexibility index (Phi) is 67.0. The van der Waals surface area contributed by atoms with Crippen molar-refractivity contribution < 1.29 is 32.9 Å². The van der Waals surface area contributed by atoms with E-state index in [1.807, 2.05) is 21.1 Å². The summed E-state index contributed by atoms with van der Waals surface area (Å²) in [5.74, 6) is -0.155. The van der Waals surface area contributed by atoms with E-state index >= 15 is 0 Å². The minimum absolute atomic E-state index is 0.0158. The third kappa shape index (κ3) is 70.6. The zero-order valence-electron chi connectivity index (χ0n) is 58.4. The van der Waals surface area contributed by atoms with Crippen LogP contribution in [0.4, 0.5) is 0 Å². The van der Waals surface area contributed by atoms with Crippen LogP contribution in [-0.4, -0.2) is 68.5 Å². The highest BCUT2D eigenvalue weighted by Crippen LogP contribution is 2.38. The molecule has 0 saturated heterocycles. The maximum atomic E-state index is 13.1. The van der Waals surface area contributed by atoms with E-state index in [2.05, 4.69) is 31.3 Å². The summed E-state index contributed by atoms with van der Waals surface area (Å²) in [4.78, 5) is 25.7. The highest BCUT2D eigenvalue weighted by molar-refractivity contribution is 7.45. The summed E-state index contributed by atoms with van der Waals surface area (Å²) in [5, 5.41) is 14.1. The zero-order valence-corrected chi connectivity index (χ0v) is 59.3. The lowest BCUT2D eigenvalue weighted by atomic mass is 10.0. The summed E-state index contributed by atoms with van der Waals surface area (Å²) in [6.07, 6.45) is 87.6. The number of hydrogen-bond acceptors (Lipinski definition) is 6. The Bertz CT molecular complexity index is 1390. The molecule has 0 radical (unpaired) electrons. The number of hydrogen-bond donors (Lipinski definition) is 2. The van der Waals surface area contributed by atoms with Gasteiger partial charge in [-0.1, -0.05) is 386 Å². The zero-order chi connectivity index (χ0) is 61.9. The smallest absolute Gasteiger partial charge is 0.268 e. The monoisotopic (exact) mass is 1220 g/mol. The Morgan fingerprint density at radius 3 is 0.918 bits per heavy atom. The number of phosphoric acid groups is 1. The second kappa shape index (κ2) is 67.6. The standard InChI is InChI=1S/C76H153N2O6P/c1-6-8-10-12-14-16-18-20-22-24-26-28-30-32-33-34-35-36-37-38-39-40-41-42-43-44-45-46-48-50-52-54-56-58-60-62-64-66-68-70-76(80)77-74(73-84-85(81,82)83-72-71-78(3,4)5)75(79)69-67-65-63-61-59-57-55-53-51-49-47-31-29-27-25-23-21-19-17-15-13-11-9-7-2/h38-39,74-75,79H,6-37,40-73H2,1-5H3,(H-,77,80,81,82)/b39-38-. The average molecular weight is 1220 g/mol. The minimum atomic E-state index is -4.58. The number of aliphatic hydroxyl groups excluding tert-OH is 1. The molecule has 0 bridgehead atoms. The quantitative estimate of drug-likeness (QED) is 0.0272. The predicted molar refractivity (Wildman–Crippen MR) is 372 cm³/mol. The maximum absolute atomic E-state index is 13.1. The van der Waals surface area contributed by atoms with Crippen molar-refractivity contribution in [1.82, 2.24) is 5.32 Å². The van der Waals surface area contributed by atoms with Crippen LogP contribution in [0.2, 0.25) is 0 Å². The van der Waals surface area contributed by atoms with Gasteiger partial charge in [0.15, 0.2) is 0 Å². The fourth-order valence-electron chi connectivity index (χ4n) is 12.3. The molecule has 0 rings (SSSR count). The molecule has 0 spiro atoms. The number of nitrogens with one attached hydrogen (secondary N) is 1. The molecule has 3 unspecified atom stereocenters. The first-order chi connectivity index (χ1) is 41.5. The Hall–Kier alpha value is -0.760. The Balaban J connectivity index is 3.89. The van der Waals surface area contributed by atoms with Gasteiger partial charge in [-0.05, 0) is 38.5 Å². The lowest BCUT2D eigenvalue weighted by Gasteiger charge is -2.30. The molecule has 0 aromatic rings. The number of rotatable bonds is 73. The van der Waals surface area contributed by atoms with E-state index in [4.69, 9.17) is 9.05 Å². The minimum Gasteiger partial charge on any atom is -0.756 e. The summed E-state index contributed by atoms with van der Waals surface area (Å²) in [7, 11) is 1.33. The first-order valence-corrected chi connectivity index (χ1v) is 40.0. The van der Waals surface area contributed by atoms with E-state index < -0.39 is 20.0 Å². The van der Waals surface area contributed by atoms with Crippen LogP contribution >= 0.6 is 7.82 Å². The van der Waals surface area contributed by atoms with Crippen molar-refractivity contribution in [1.29, 1.82) is 0 Å². The highest BCUT2D eigenvalue weighted by atomic mass is 31.2. The lowest BCUT2D eigenvalue weighted by molar-refractivity contribution is -0.870. The number of amides is 1. The van der Waals surface area contributed by atoms with Gasteiger partial charge in [0.25, 0.3) is 7.82 Å². The predicted octanol–water partition coefficient (Wildman–Crippen LogP) is 24.2. The Labute approximate surface area is 532 Å². The van der Waals surface area contributed by atoms with Crippen molar-refractivity contribution in [3.63, 3.8) is 0 Å². The molecule has 85 heavy (non-hydrogen) atoms. The second-order valence-corrected chi connectivity index (χ2v) is 29.5. The largest absolute Gasteiger partial charge is 0.756 e. The number of carbonyl (C=O) groups excluding carboxylic acids is 1. The van der Waals surface area contributed by atoms with Gasteiger partial charge >= 0.3 is 0 Å². The van der Waals surface area contributed by atoms with E-state index in [-0.39, 0.29) is 19.1 Å². The lowest BCUT2D eigenvalue weighted by Crippen LogP contribution is -2.46. The van der Waals surface area contributed by atoms with Crippen LogP contribution in [0.25, 0.3) is 0 Å². The number of aliphatic hydroxyl groups is 1. The fourth-order valence-corrected chi connectivity index (χ4v) is 13.0. The SMILES string of the molecule is CCCCCCCCCCCCCCCCCCCC/C=C\CCCCCCCCCCCCCCCCCCCC(=O)NC(COP(=O)([O-])OCC[N+](C)(C)C)C(O)CCCCCCCCCCCCCCCCCCCCCCCCCC. The van der Waals surface area contributed by atoms with Gasteiger partial charge in [0.2, 0.25) is 5.91 Å². The number of quaternary nitrogens is 1. The van der Waals surface area contributed by atoms with Gasteiger partial charge in [0, 0.05) is 6.42 Å². The molecule has 0 aromatic heterocycles. The van der Waals surface area contributed by atoms with Crippen molar-refractivity contribution in [2.24, 2.45) is 0 Å². The number of allylic oxidation sites excluding steroid dienone is 2. The molecular formula is C76H153N2O6P. The van der Waals surface area contributed by atoms with Gasteiger partial charge in [-0.3, -0.25) is 9.36 Å². The normalized spacial score (nSPS) is 13.5. The summed E-state index contributed by atoms with van der Waals surface area (Å²) in [5.41, 5.74) is 0. The molecule has 0 aliphatic rings. The summed E-state index contributed by atoms with van der Waals surface area (Å²) in [6.45, 7) is 4.80. The molecule has 0 aliphatic heterocycles. The first-order valence-electron chi connectivity index (χ1n) is 38.5. The summed E-state index contributed by atoms with van der Waals surface area (Å²) >= 11 is 0. The summed E-state index contributed by atoms with van der Waals surface area (Å²) < 4.78 is 23.6. The van der Waals surface area contributed by atoms with Crippen LogP contribution in [0.3, 0.4) is 0 Å². The van der Waals surface area contributed by atoms with Gasteiger partial charge in [-0.15, -0.1) is 0 Å². The molecule has 0 aliphatic carbocycles. The Morgan fingerprint density at radius 1 is 0.400 bits per heavy atom. The number of nitrogens with zero attached hydrogens (tertiary/aromatic N) is 1. The van der Waals surface area contributed by atoms with Crippen LogP contribution in [0.15, 0.2) is 12.2 Å². The van der Waals surface area contributed by atoms with E-state index in [0.717, 1.165) is 38.5 Å². The van der Waals surface area contributed by atoms with Crippen LogP contribution in [0, 0.1) is 0 Å². The van der Waals surface area contributed by atoms with Gasteiger partial charge in [0.05, 0.1) is 39.9 Å². The van der Waals surface area contributed by atoms with Gasteiger partial charge in [-0.2, -0.15) is 0 Å². The van der Waals surface area contributed by atoms with E-state index in [9.17, 15) is 19.4 Å². The van der Waals surface area contributed by atoms with Crippen LogP contribution in [0.1, 0.15) is 418 Å². The van der Waals surface area contributed by atoms with Gasteiger partial charge < -0.3 is 28.8 Å². The molecule has 8 nitrogen and oxygen atoms in total.